The summed E-state index contributed by atoms with van der Waals surface area (Å²) in [6, 6.07) is 29.8. The van der Waals surface area contributed by atoms with E-state index in [2.05, 4.69) is 107 Å². The third kappa shape index (κ3) is 8.77. The topological polar surface area (TPSA) is 158 Å². The number of carbonyl (C=O) groups is 3. The number of methoxy groups -OCH3 is 1. The number of aromatic nitrogens is 4. The van der Waals surface area contributed by atoms with Crippen molar-refractivity contribution in [1.29, 1.82) is 0 Å². The van der Waals surface area contributed by atoms with Crippen molar-refractivity contribution in [3.8, 4) is 33.6 Å². The van der Waals surface area contributed by atoms with Gasteiger partial charge in [0.1, 0.15) is 36.1 Å². The number of amides is 3. The molecule has 0 aliphatic carbocycles. The minimum atomic E-state index is -0.782. The average Bonchev–Trinajstić information content (AvgIpc) is 4.21. The lowest BCUT2D eigenvalue weighted by Gasteiger charge is -2.34. The number of nitrogens with one attached hydrogen (secondary N) is 3. The van der Waals surface area contributed by atoms with Gasteiger partial charge in [0, 0.05) is 18.5 Å². The molecule has 4 aromatic carbocycles. The van der Waals surface area contributed by atoms with Gasteiger partial charge in [-0.1, -0.05) is 107 Å². The smallest absolute Gasteiger partial charge is 0.407 e. The van der Waals surface area contributed by atoms with Crippen molar-refractivity contribution in [2.45, 2.75) is 76.7 Å². The SMILES string of the molecule is CCN(CC)[C@@H](C(=O)N1CCC[C@H]1c1ncc(-c2ccc3cc(-c4ccc(-c5cnc([C@@H]6CC7(COCO7)CN6C(=O)[C@@H](NC(=O)OC)C(C)C)[nH]5)cc4)ccc3c2)[nH]1)c1ccccc1. The number of carbonyl (C=O) groups excluding carboxylic acids is 3. The molecule has 5 atom stereocenters. The second-order valence-corrected chi connectivity index (χ2v) is 17.8. The number of hydrogen-bond donors (Lipinski definition) is 3. The van der Waals surface area contributed by atoms with Crippen molar-refractivity contribution in [2.24, 2.45) is 5.92 Å². The van der Waals surface area contributed by atoms with Gasteiger partial charge in [0.25, 0.3) is 0 Å². The van der Waals surface area contributed by atoms with Crippen LogP contribution in [0, 0.1) is 5.92 Å². The minimum absolute atomic E-state index is 0.105. The fourth-order valence-electron chi connectivity index (χ4n) is 9.89. The maximum atomic E-state index is 14.3. The molecule has 9 rings (SSSR count). The van der Waals surface area contributed by atoms with E-state index in [1.54, 1.807) is 11.1 Å². The van der Waals surface area contributed by atoms with Crippen molar-refractivity contribution in [1.82, 2.24) is 40.0 Å². The highest BCUT2D eigenvalue weighted by atomic mass is 16.7. The van der Waals surface area contributed by atoms with Crippen LogP contribution in [0.2, 0.25) is 0 Å². The van der Waals surface area contributed by atoms with Gasteiger partial charge in [-0.2, -0.15) is 0 Å². The van der Waals surface area contributed by atoms with Gasteiger partial charge in [-0.05, 0) is 77.0 Å². The lowest BCUT2D eigenvalue weighted by Crippen LogP contribution is -2.52. The van der Waals surface area contributed by atoms with Crippen LogP contribution in [0.4, 0.5) is 4.79 Å². The number of fused-ring (bicyclic) bond motifs is 1. The largest absolute Gasteiger partial charge is 0.453 e. The molecule has 338 valence electrons. The van der Waals surface area contributed by atoms with Crippen LogP contribution in [0.5, 0.6) is 0 Å². The summed E-state index contributed by atoms with van der Waals surface area (Å²) in [7, 11) is 1.28. The molecule has 3 saturated heterocycles. The first kappa shape index (κ1) is 43.9. The Bertz CT molecular complexity index is 2630. The number of likely N-dealkylation sites (N-methyl/N-ethyl adjacent to an activating group) is 1. The summed E-state index contributed by atoms with van der Waals surface area (Å²) in [5, 5.41) is 4.95. The van der Waals surface area contributed by atoms with Gasteiger partial charge in [0.2, 0.25) is 11.8 Å². The van der Waals surface area contributed by atoms with Crippen LogP contribution >= 0.6 is 0 Å². The molecule has 3 amide bonds. The number of nitrogens with zero attached hydrogens (tertiary/aromatic N) is 5. The van der Waals surface area contributed by atoms with Crippen molar-refractivity contribution >= 4 is 28.7 Å². The molecule has 3 N–H and O–H groups in total. The highest BCUT2D eigenvalue weighted by Crippen LogP contribution is 2.43. The van der Waals surface area contributed by atoms with Gasteiger partial charge in [-0.15, -0.1) is 0 Å². The van der Waals surface area contributed by atoms with Gasteiger partial charge in [0.15, 0.2) is 0 Å². The molecule has 65 heavy (non-hydrogen) atoms. The Morgan fingerprint density at radius 3 is 2.09 bits per heavy atom. The first-order valence-corrected chi connectivity index (χ1v) is 22.8. The van der Waals surface area contributed by atoms with Gasteiger partial charge in [-0.3, -0.25) is 14.5 Å². The van der Waals surface area contributed by atoms with E-state index in [0.717, 1.165) is 81.7 Å². The predicted molar refractivity (Wildman–Crippen MR) is 248 cm³/mol. The molecule has 0 radical (unpaired) electrons. The Balaban J connectivity index is 0.893. The van der Waals surface area contributed by atoms with E-state index in [-0.39, 0.29) is 36.6 Å². The van der Waals surface area contributed by atoms with Gasteiger partial charge in [-0.25, -0.2) is 14.8 Å². The van der Waals surface area contributed by atoms with Crippen molar-refractivity contribution in [2.75, 3.05) is 46.7 Å². The average molecular weight is 879 g/mol. The maximum absolute atomic E-state index is 14.3. The summed E-state index contributed by atoms with van der Waals surface area (Å²) < 4.78 is 16.5. The quantitative estimate of drug-likeness (QED) is 0.104. The molecule has 3 aliphatic heterocycles. The van der Waals surface area contributed by atoms with Crippen LogP contribution in [0.15, 0.2) is 103 Å². The molecule has 1 spiro atoms. The fraction of sp³-hybridized carbons (Fsp3) is 0.392. The third-order valence-corrected chi connectivity index (χ3v) is 13.5. The van der Waals surface area contributed by atoms with E-state index in [4.69, 9.17) is 24.2 Å². The number of ether oxygens (including phenoxy) is 3. The van der Waals surface area contributed by atoms with E-state index >= 15 is 0 Å². The molecular formula is C51H58N8O6. The zero-order chi connectivity index (χ0) is 45.2. The molecule has 0 bridgehead atoms. The van der Waals surface area contributed by atoms with Crippen molar-refractivity contribution in [3.63, 3.8) is 0 Å². The molecule has 5 heterocycles. The van der Waals surface area contributed by atoms with Crippen molar-refractivity contribution < 1.29 is 28.6 Å². The summed E-state index contributed by atoms with van der Waals surface area (Å²) in [6.45, 7) is 11.2. The second-order valence-electron chi connectivity index (χ2n) is 17.8. The van der Waals surface area contributed by atoms with E-state index in [0.29, 0.717) is 31.9 Å². The molecule has 6 aromatic rings. The Morgan fingerprint density at radius 1 is 0.815 bits per heavy atom. The Labute approximate surface area is 379 Å². The van der Waals surface area contributed by atoms with Crippen LogP contribution in [0.3, 0.4) is 0 Å². The third-order valence-electron chi connectivity index (χ3n) is 13.5. The Kier molecular flexibility index (Phi) is 12.6. The van der Waals surface area contributed by atoms with Crippen LogP contribution in [0.25, 0.3) is 44.4 Å². The number of H-pyrrole nitrogens is 2. The molecule has 0 saturated carbocycles. The molecule has 3 aliphatic rings. The Hall–Kier alpha value is -6.35. The predicted octanol–water partition coefficient (Wildman–Crippen LogP) is 8.43. The number of imidazole rings is 2. The zero-order valence-corrected chi connectivity index (χ0v) is 37.8. The standard InChI is InChI=1S/C51H58N8O6/c1-6-57(7-2)45(35-12-9-8-10-13-35)49(61)58-23-11-14-42(58)46-52-28-41(55-46)39-22-21-37-24-36(19-20-38(37)25-39)33-15-17-34(18-16-33)40-27-53-47(54-40)43-26-51(30-64-31-65-51)29-59(43)48(60)44(32(3)4)56-50(62)63-5/h8-10,12-13,15-22,24-25,27-28,32,42-45H,6-7,11,14,23,26,29-31H2,1-5H3,(H,52,55)(H,53,54)(H,56,62)/t42-,43-,44-,45+,51?/m0/s1. The highest BCUT2D eigenvalue weighted by molar-refractivity contribution is 5.91. The lowest BCUT2D eigenvalue weighted by molar-refractivity contribution is -0.138. The summed E-state index contributed by atoms with van der Waals surface area (Å²) >= 11 is 0. The number of likely N-dealkylation sites (tertiary alicyclic amines) is 2. The normalized spacial score (nSPS) is 20.6. The number of aromatic amines is 2. The van der Waals surface area contributed by atoms with Crippen LogP contribution in [-0.4, -0.2) is 111 Å². The highest BCUT2D eigenvalue weighted by Gasteiger charge is 2.52. The first-order chi connectivity index (χ1) is 31.6. The molecular weight excluding hydrogens is 821 g/mol. The van der Waals surface area contributed by atoms with Crippen LogP contribution in [-0.2, 0) is 23.8 Å². The van der Waals surface area contributed by atoms with Crippen LogP contribution in [0.1, 0.15) is 82.3 Å². The number of alkyl carbamates (subject to hydrolysis) is 1. The second kappa shape index (κ2) is 18.6. The van der Waals surface area contributed by atoms with Crippen LogP contribution < -0.4 is 5.32 Å². The monoisotopic (exact) mass is 878 g/mol. The van der Waals surface area contributed by atoms with Gasteiger partial charge >= 0.3 is 6.09 Å². The van der Waals surface area contributed by atoms with Crippen molar-refractivity contribution in [3.05, 3.63) is 121 Å². The molecule has 2 aromatic heterocycles. The van der Waals surface area contributed by atoms with E-state index in [1.807, 2.05) is 43.1 Å². The molecule has 14 heteroatoms. The van der Waals surface area contributed by atoms with Gasteiger partial charge < -0.3 is 39.3 Å². The summed E-state index contributed by atoms with van der Waals surface area (Å²) in [6.07, 6.45) is 5.34. The lowest BCUT2D eigenvalue weighted by atomic mass is 9.98. The zero-order valence-electron chi connectivity index (χ0n) is 37.8. The van der Waals surface area contributed by atoms with E-state index < -0.39 is 23.8 Å². The Morgan fingerprint density at radius 2 is 1.45 bits per heavy atom. The fourth-order valence-corrected chi connectivity index (χ4v) is 9.89. The maximum Gasteiger partial charge on any atom is 0.407 e. The van der Waals surface area contributed by atoms with E-state index in [1.165, 1.54) is 7.11 Å². The van der Waals surface area contributed by atoms with E-state index in [9.17, 15) is 14.4 Å². The molecule has 3 fully saturated rings. The number of hydrogen-bond acceptors (Lipinski definition) is 9. The summed E-state index contributed by atoms with van der Waals surface area (Å²) in [4.78, 5) is 63.2. The van der Waals surface area contributed by atoms with Gasteiger partial charge in [0.05, 0.1) is 56.1 Å². The molecule has 1 unspecified atom stereocenters. The number of rotatable bonds is 13. The number of benzene rings is 4. The minimum Gasteiger partial charge on any atom is -0.453 e. The molecule has 14 nitrogen and oxygen atoms in total. The summed E-state index contributed by atoms with van der Waals surface area (Å²) in [5.41, 5.74) is 6.30. The summed E-state index contributed by atoms with van der Waals surface area (Å²) in [5.74, 6) is 1.20. The first-order valence-electron chi connectivity index (χ1n) is 22.8.